The Labute approximate surface area is 138 Å². The molecule has 126 valence electrons. The number of carboxylic acid groups (broad SMARTS) is 1. The van der Waals surface area contributed by atoms with Crippen LogP contribution in [0.25, 0.3) is 0 Å². The van der Waals surface area contributed by atoms with Crippen LogP contribution in [0.2, 0.25) is 0 Å². The fourth-order valence-electron chi connectivity index (χ4n) is 3.56. The maximum atomic E-state index is 12.3. The van der Waals surface area contributed by atoms with Crippen LogP contribution in [0.3, 0.4) is 0 Å². The van der Waals surface area contributed by atoms with Crippen LogP contribution < -0.4 is 0 Å². The molecule has 1 aliphatic rings. The Morgan fingerprint density at radius 2 is 1.78 bits per heavy atom. The fraction of sp³-hybridized carbons (Fsp3) is 0.579. The molecule has 1 aromatic rings. The van der Waals surface area contributed by atoms with Crippen LogP contribution >= 0.6 is 0 Å². The third kappa shape index (κ3) is 3.74. The number of hydrogen-bond donors (Lipinski definition) is 1. The lowest BCUT2D eigenvalue weighted by atomic mass is 9.91. The van der Waals surface area contributed by atoms with Crippen molar-refractivity contribution in [3.63, 3.8) is 0 Å². The van der Waals surface area contributed by atoms with E-state index in [0.717, 1.165) is 19.3 Å². The van der Waals surface area contributed by atoms with Gasteiger partial charge in [-0.1, -0.05) is 6.07 Å². The Kier molecular flexibility index (Phi) is 5.45. The molecule has 1 atom stereocenters. The van der Waals surface area contributed by atoms with Crippen LogP contribution in [-0.2, 0) is 16.0 Å². The van der Waals surface area contributed by atoms with Crippen molar-refractivity contribution in [2.45, 2.75) is 65.8 Å². The Morgan fingerprint density at radius 1 is 1.17 bits per heavy atom. The van der Waals surface area contributed by atoms with E-state index in [1.165, 1.54) is 27.8 Å². The minimum absolute atomic E-state index is 0.0189. The summed E-state index contributed by atoms with van der Waals surface area (Å²) in [5.41, 5.74) is 6.54. The highest BCUT2D eigenvalue weighted by molar-refractivity contribution is 5.84. The van der Waals surface area contributed by atoms with Gasteiger partial charge in [0, 0.05) is 13.0 Å². The number of carbonyl (C=O) groups is 2. The van der Waals surface area contributed by atoms with Gasteiger partial charge in [-0.05, 0) is 81.2 Å². The zero-order valence-corrected chi connectivity index (χ0v) is 14.6. The maximum Gasteiger partial charge on any atom is 0.326 e. The summed E-state index contributed by atoms with van der Waals surface area (Å²) in [6.07, 6.45) is 3.44. The Hall–Kier alpha value is -1.84. The van der Waals surface area contributed by atoms with Crippen LogP contribution in [0.5, 0.6) is 0 Å². The quantitative estimate of drug-likeness (QED) is 0.906. The van der Waals surface area contributed by atoms with Crippen molar-refractivity contribution in [3.8, 4) is 0 Å². The second-order valence-corrected chi connectivity index (χ2v) is 6.68. The number of rotatable bonds is 5. The van der Waals surface area contributed by atoms with Crippen LogP contribution in [0.1, 0.15) is 53.5 Å². The number of benzene rings is 1. The van der Waals surface area contributed by atoms with Gasteiger partial charge in [-0.15, -0.1) is 0 Å². The normalized spacial score (nSPS) is 17.6. The first-order valence-electron chi connectivity index (χ1n) is 8.41. The number of carboxylic acids is 1. The first-order valence-corrected chi connectivity index (χ1v) is 8.41. The molecule has 0 spiro atoms. The Morgan fingerprint density at radius 3 is 2.35 bits per heavy atom. The fourth-order valence-corrected chi connectivity index (χ4v) is 3.56. The van der Waals surface area contributed by atoms with Crippen LogP contribution in [0.15, 0.2) is 6.07 Å². The maximum absolute atomic E-state index is 12.3. The number of aryl methyl sites for hydroxylation is 2. The van der Waals surface area contributed by atoms with Crippen LogP contribution in [0, 0.1) is 27.7 Å². The molecule has 1 amide bonds. The molecule has 0 radical (unpaired) electrons. The first kappa shape index (κ1) is 17.5. The van der Waals surface area contributed by atoms with Gasteiger partial charge in [0.2, 0.25) is 5.91 Å². The van der Waals surface area contributed by atoms with Gasteiger partial charge in [0.25, 0.3) is 0 Å². The number of aliphatic carboxylic acids is 1. The van der Waals surface area contributed by atoms with E-state index in [4.69, 9.17) is 0 Å². The average Bonchev–Trinajstić information content (AvgIpc) is 2.98. The summed E-state index contributed by atoms with van der Waals surface area (Å²) in [7, 11) is 0. The molecule has 0 bridgehead atoms. The summed E-state index contributed by atoms with van der Waals surface area (Å²) in [4.78, 5) is 25.0. The predicted octanol–water partition coefficient (Wildman–Crippen LogP) is 3.32. The molecule has 1 heterocycles. The molecule has 4 nitrogen and oxygen atoms in total. The monoisotopic (exact) mass is 317 g/mol. The lowest BCUT2D eigenvalue weighted by molar-refractivity contribution is -0.148. The zero-order valence-electron chi connectivity index (χ0n) is 14.6. The molecule has 2 rings (SSSR count). The highest BCUT2D eigenvalue weighted by Crippen LogP contribution is 2.24. The molecule has 4 heteroatoms. The smallest absolute Gasteiger partial charge is 0.326 e. The van der Waals surface area contributed by atoms with Gasteiger partial charge in [-0.3, -0.25) is 4.79 Å². The van der Waals surface area contributed by atoms with E-state index in [0.29, 0.717) is 19.4 Å². The molecular weight excluding hydrogens is 290 g/mol. The van der Waals surface area contributed by atoms with E-state index in [2.05, 4.69) is 33.8 Å². The first-order chi connectivity index (χ1) is 10.8. The third-order valence-corrected chi connectivity index (χ3v) is 5.20. The van der Waals surface area contributed by atoms with E-state index < -0.39 is 12.0 Å². The standard InChI is InChI=1S/C19H27NO3/c1-12-11-13(2)15(4)16(14(12)3)7-5-9-18(21)20-10-6-8-17(20)19(22)23/h11,17H,5-10H2,1-4H3,(H,22,23). The van der Waals surface area contributed by atoms with Crippen LogP contribution in [0.4, 0.5) is 0 Å². The predicted molar refractivity (Wildman–Crippen MR) is 90.7 cm³/mol. The molecular formula is C19H27NO3. The molecule has 0 saturated carbocycles. The summed E-state index contributed by atoms with van der Waals surface area (Å²) >= 11 is 0. The van der Waals surface area contributed by atoms with E-state index in [1.807, 2.05) is 0 Å². The number of hydrogen-bond acceptors (Lipinski definition) is 2. The van der Waals surface area contributed by atoms with Crippen molar-refractivity contribution in [2.24, 2.45) is 0 Å². The SMILES string of the molecule is Cc1cc(C)c(C)c(CCCC(=O)N2CCCC2C(=O)O)c1C. The summed E-state index contributed by atoms with van der Waals surface area (Å²) in [5.74, 6) is -0.897. The van der Waals surface area contributed by atoms with Crippen molar-refractivity contribution < 1.29 is 14.7 Å². The van der Waals surface area contributed by atoms with Crippen molar-refractivity contribution in [2.75, 3.05) is 6.54 Å². The van der Waals surface area contributed by atoms with Gasteiger partial charge in [0.05, 0.1) is 0 Å². The minimum atomic E-state index is -0.878. The van der Waals surface area contributed by atoms with E-state index >= 15 is 0 Å². The molecule has 0 aromatic heterocycles. The van der Waals surface area contributed by atoms with Crippen LogP contribution in [-0.4, -0.2) is 34.5 Å². The van der Waals surface area contributed by atoms with Crippen molar-refractivity contribution >= 4 is 11.9 Å². The summed E-state index contributed by atoms with van der Waals surface area (Å²) in [5, 5.41) is 9.18. The van der Waals surface area contributed by atoms with Gasteiger partial charge in [0.15, 0.2) is 0 Å². The highest BCUT2D eigenvalue weighted by Gasteiger charge is 2.33. The lowest BCUT2D eigenvalue weighted by Crippen LogP contribution is -2.40. The topological polar surface area (TPSA) is 57.6 Å². The molecule has 1 unspecified atom stereocenters. The molecule has 1 N–H and O–H groups in total. The molecule has 1 saturated heterocycles. The Balaban J connectivity index is 1.98. The minimum Gasteiger partial charge on any atom is -0.480 e. The van der Waals surface area contributed by atoms with Gasteiger partial charge in [-0.25, -0.2) is 4.79 Å². The molecule has 0 aliphatic carbocycles. The van der Waals surface area contributed by atoms with Gasteiger partial charge < -0.3 is 10.0 Å². The van der Waals surface area contributed by atoms with Crippen molar-refractivity contribution in [1.82, 2.24) is 4.90 Å². The summed E-state index contributed by atoms with van der Waals surface area (Å²) < 4.78 is 0. The second kappa shape index (κ2) is 7.16. The van der Waals surface area contributed by atoms with Crippen molar-refractivity contribution in [3.05, 3.63) is 33.9 Å². The largest absolute Gasteiger partial charge is 0.480 e. The number of nitrogens with zero attached hydrogens (tertiary/aromatic N) is 1. The number of carbonyl (C=O) groups excluding carboxylic acids is 1. The van der Waals surface area contributed by atoms with Crippen molar-refractivity contribution in [1.29, 1.82) is 0 Å². The highest BCUT2D eigenvalue weighted by atomic mass is 16.4. The van der Waals surface area contributed by atoms with E-state index in [9.17, 15) is 14.7 Å². The molecule has 23 heavy (non-hydrogen) atoms. The summed E-state index contributed by atoms with van der Waals surface area (Å²) in [6.45, 7) is 9.10. The van der Waals surface area contributed by atoms with Gasteiger partial charge in [-0.2, -0.15) is 0 Å². The van der Waals surface area contributed by atoms with E-state index in [-0.39, 0.29) is 5.91 Å². The lowest BCUT2D eigenvalue weighted by Gasteiger charge is -2.21. The average molecular weight is 317 g/mol. The third-order valence-electron chi connectivity index (χ3n) is 5.20. The molecule has 1 aromatic carbocycles. The van der Waals surface area contributed by atoms with Gasteiger partial charge in [0.1, 0.15) is 6.04 Å². The van der Waals surface area contributed by atoms with Gasteiger partial charge >= 0.3 is 5.97 Å². The number of amides is 1. The van der Waals surface area contributed by atoms with E-state index in [1.54, 1.807) is 4.90 Å². The second-order valence-electron chi connectivity index (χ2n) is 6.68. The zero-order chi connectivity index (χ0) is 17.1. The number of likely N-dealkylation sites (tertiary alicyclic amines) is 1. The summed E-state index contributed by atoms with van der Waals surface area (Å²) in [6, 6.07) is 1.59. The molecule has 1 fully saturated rings. The molecule has 1 aliphatic heterocycles. The Bertz CT molecular complexity index is 595.